The molecule has 1 aromatic carbocycles. The van der Waals surface area contributed by atoms with Crippen molar-refractivity contribution in [2.24, 2.45) is 0 Å². The summed E-state index contributed by atoms with van der Waals surface area (Å²) < 4.78 is 27.9. The first kappa shape index (κ1) is 12.4. The fourth-order valence-electron chi connectivity index (χ4n) is 0.677. The monoisotopic (exact) mass is 535 g/mol. The Morgan fingerprint density at radius 3 is 2.08 bits per heavy atom. The van der Waals surface area contributed by atoms with Gasteiger partial charge in [-0.1, -0.05) is 0 Å². The van der Waals surface area contributed by atoms with Crippen LogP contribution in [0.1, 0.15) is 0 Å². The van der Waals surface area contributed by atoms with Crippen LogP contribution in [0.25, 0.3) is 0 Å². The van der Waals surface area contributed by atoms with Gasteiger partial charge in [0, 0.05) is 3.57 Å². The predicted molar refractivity (Wildman–Crippen MR) is 74.1 cm³/mol. The van der Waals surface area contributed by atoms with E-state index in [1.165, 1.54) is 0 Å². The Hall–Kier alpha value is 1.32. The Kier molecular flexibility index (Phi) is 5.16. The molecule has 0 saturated heterocycles. The molecule has 7 heteroatoms. The minimum Gasteiger partial charge on any atom is -0.740 e. The van der Waals surface area contributed by atoms with Gasteiger partial charge >= 0.3 is 0 Å². The SMILES string of the molecule is O=S([O-])Oc1c(I)cc(I)cc1I. The maximum atomic E-state index is 10.3. The Labute approximate surface area is 119 Å². The summed E-state index contributed by atoms with van der Waals surface area (Å²) in [6.07, 6.45) is 0. The van der Waals surface area contributed by atoms with Crippen molar-refractivity contribution in [3.63, 3.8) is 0 Å². The number of halogens is 3. The quantitative estimate of drug-likeness (QED) is 0.433. The van der Waals surface area contributed by atoms with Gasteiger partial charge in [-0.3, -0.25) is 0 Å². The molecule has 0 radical (unpaired) electrons. The summed E-state index contributed by atoms with van der Waals surface area (Å²) in [6.45, 7) is 0. The molecule has 0 fully saturated rings. The van der Waals surface area contributed by atoms with E-state index in [1.807, 2.05) is 57.3 Å². The Morgan fingerprint density at radius 2 is 1.69 bits per heavy atom. The molecule has 0 aliphatic rings. The highest BCUT2D eigenvalue weighted by molar-refractivity contribution is 14.1. The second-order valence-corrected chi connectivity index (χ2v) is 6.13. The zero-order chi connectivity index (χ0) is 10.0. The maximum absolute atomic E-state index is 10.3. The molecular weight excluding hydrogens is 533 g/mol. The van der Waals surface area contributed by atoms with Gasteiger partial charge in [0.2, 0.25) is 0 Å². The van der Waals surface area contributed by atoms with E-state index < -0.39 is 11.4 Å². The topological polar surface area (TPSA) is 49.4 Å². The average molecular weight is 535 g/mol. The fourth-order valence-corrected chi connectivity index (χ4v) is 5.09. The predicted octanol–water partition coefficient (Wildman–Crippen LogP) is 2.67. The summed E-state index contributed by atoms with van der Waals surface area (Å²) >= 11 is 3.73. The second-order valence-electron chi connectivity index (χ2n) is 1.99. The second kappa shape index (κ2) is 5.42. The lowest BCUT2D eigenvalue weighted by Crippen LogP contribution is -2.01. The highest BCUT2D eigenvalue weighted by Gasteiger charge is 2.08. The first-order valence-electron chi connectivity index (χ1n) is 2.93. The van der Waals surface area contributed by atoms with Gasteiger partial charge in [-0.2, -0.15) is 0 Å². The van der Waals surface area contributed by atoms with E-state index in [2.05, 4.69) is 26.8 Å². The molecule has 0 saturated carbocycles. The number of hydrogen-bond donors (Lipinski definition) is 0. The molecule has 72 valence electrons. The number of benzene rings is 1. The third-order valence-electron chi connectivity index (χ3n) is 1.11. The summed E-state index contributed by atoms with van der Waals surface area (Å²) in [5, 5.41) is 0. The summed E-state index contributed by atoms with van der Waals surface area (Å²) in [6, 6.07) is 3.71. The number of rotatable bonds is 2. The minimum atomic E-state index is -2.51. The molecule has 1 aromatic rings. The largest absolute Gasteiger partial charge is 0.740 e. The molecule has 0 aliphatic heterocycles. The van der Waals surface area contributed by atoms with Gasteiger partial charge in [0.05, 0.1) is 7.14 Å². The molecule has 1 atom stereocenters. The van der Waals surface area contributed by atoms with Gasteiger partial charge in [0.25, 0.3) is 0 Å². The van der Waals surface area contributed by atoms with Gasteiger partial charge in [-0.05, 0) is 79.9 Å². The van der Waals surface area contributed by atoms with E-state index >= 15 is 0 Å². The van der Waals surface area contributed by atoms with Crippen molar-refractivity contribution in [3.8, 4) is 5.75 Å². The highest BCUT2D eigenvalue weighted by atomic mass is 127. The third kappa shape index (κ3) is 3.76. The molecular formula is C6H2I3O3S-. The average Bonchev–Trinajstić information content (AvgIpc) is 1.96. The molecule has 3 nitrogen and oxygen atoms in total. The molecule has 1 rings (SSSR count). The van der Waals surface area contributed by atoms with Crippen molar-refractivity contribution in [2.45, 2.75) is 0 Å². The Balaban J connectivity index is 3.13. The van der Waals surface area contributed by atoms with Crippen molar-refractivity contribution < 1.29 is 12.9 Å². The molecule has 13 heavy (non-hydrogen) atoms. The molecule has 0 heterocycles. The maximum Gasteiger partial charge on any atom is 0.165 e. The minimum absolute atomic E-state index is 0.398. The van der Waals surface area contributed by atoms with E-state index in [0.717, 1.165) is 10.7 Å². The summed E-state index contributed by atoms with van der Waals surface area (Å²) in [5.74, 6) is 0.398. The molecule has 0 N–H and O–H groups in total. The zero-order valence-electron chi connectivity index (χ0n) is 5.92. The van der Waals surface area contributed by atoms with Gasteiger partial charge in [-0.15, -0.1) is 0 Å². The lowest BCUT2D eigenvalue weighted by molar-refractivity contribution is 0.438. The molecule has 0 aliphatic carbocycles. The van der Waals surface area contributed by atoms with E-state index in [1.54, 1.807) is 0 Å². The molecule has 0 amide bonds. The van der Waals surface area contributed by atoms with Crippen LogP contribution in [0.5, 0.6) is 5.75 Å². The van der Waals surface area contributed by atoms with E-state index in [9.17, 15) is 8.76 Å². The van der Waals surface area contributed by atoms with Crippen LogP contribution in [0.15, 0.2) is 12.1 Å². The molecule has 0 spiro atoms. The van der Waals surface area contributed by atoms with Crippen LogP contribution in [0.4, 0.5) is 0 Å². The first-order valence-corrected chi connectivity index (χ1v) is 7.16. The smallest absolute Gasteiger partial charge is 0.165 e. The molecule has 0 aromatic heterocycles. The van der Waals surface area contributed by atoms with Crippen LogP contribution < -0.4 is 4.18 Å². The lowest BCUT2D eigenvalue weighted by atomic mass is 10.3. The van der Waals surface area contributed by atoms with Crippen molar-refractivity contribution in [1.29, 1.82) is 0 Å². The van der Waals surface area contributed by atoms with E-state index in [-0.39, 0.29) is 0 Å². The lowest BCUT2D eigenvalue weighted by Gasteiger charge is -2.11. The normalized spacial score (nSPS) is 12.6. The first-order chi connectivity index (χ1) is 6.00. The molecule has 1 unspecified atom stereocenters. The fraction of sp³-hybridized carbons (Fsp3) is 0. The van der Waals surface area contributed by atoms with Crippen molar-refractivity contribution in [3.05, 3.63) is 22.8 Å². The standard InChI is InChI=1S/C6H3I3O3S/c7-3-1-4(8)6(5(9)2-3)12-13(10)11/h1-2H,(H,10,11)/p-1. The zero-order valence-corrected chi connectivity index (χ0v) is 13.2. The van der Waals surface area contributed by atoms with Crippen molar-refractivity contribution in [1.82, 2.24) is 0 Å². The van der Waals surface area contributed by atoms with Gasteiger partial charge in [0.1, 0.15) is 11.4 Å². The third-order valence-corrected chi connectivity index (χ3v) is 3.64. The van der Waals surface area contributed by atoms with Crippen LogP contribution in [-0.2, 0) is 11.4 Å². The summed E-state index contributed by atoms with van der Waals surface area (Å²) in [7, 11) is 0. The van der Waals surface area contributed by atoms with Crippen LogP contribution in [0, 0.1) is 10.7 Å². The van der Waals surface area contributed by atoms with Gasteiger partial charge < -0.3 is 8.74 Å². The Bertz CT molecular complexity index is 332. The Morgan fingerprint density at radius 1 is 1.23 bits per heavy atom. The summed E-state index contributed by atoms with van der Waals surface area (Å²) in [4.78, 5) is 0. The summed E-state index contributed by atoms with van der Waals surface area (Å²) in [5.41, 5.74) is 0. The van der Waals surface area contributed by atoms with E-state index in [4.69, 9.17) is 0 Å². The van der Waals surface area contributed by atoms with Crippen LogP contribution >= 0.6 is 67.8 Å². The van der Waals surface area contributed by atoms with Gasteiger partial charge in [0.15, 0.2) is 5.75 Å². The van der Waals surface area contributed by atoms with Crippen LogP contribution in [0.3, 0.4) is 0 Å². The van der Waals surface area contributed by atoms with Crippen LogP contribution in [0.2, 0.25) is 0 Å². The highest BCUT2D eigenvalue weighted by Crippen LogP contribution is 2.29. The number of hydrogen-bond acceptors (Lipinski definition) is 3. The van der Waals surface area contributed by atoms with Crippen molar-refractivity contribution >= 4 is 79.1 Å². The molecule has 0 bridgehead atoms. The van der Waals surface area contributed by atoms with Crippen molar-refractivity contribution in [2.75, 3.05) is 0 Å². The van der Waals surface area contributed by atoms with E-state index in [0.29, 0.717) is 5.75 Å². The van der Waals surface area contributed by atoms with Gasteiger partial charge in [-0.25, -0.2) is 4.21 Å². The van der Waals surface area contributed by atoms with Crippen LogP contribution in [-0.4, -0.2) is 8.76 Å².